The second-order valence-electron chi connectivity index (χ2n) is 8.22. The molecule has 2 heterocycles. The smallest absolute Gasteiger partial charge is 0.254 e. The van der Waals surface area contributed by atoms with Crippen molar-refractivity contribution in [3.63, 3.8) is 0 Å². The second kappa shape index (κ2) is 8.94. The fourth-order valence-electron chi connectivity index (χ4n) is 4.40. The minimum Gasteiger partial charge on any atom is -0.331 e. The number of hydrogen-bond acceptors (Lipinski definition) is 3. The molecule has 1 fully saturated rings. The lowest BCUT2D eigenvalue weighted by molar-refractivity contribution is 0.0732. The quantitative estimate of drug-likeness (QED) is 0.523. The zero-order valence-electron chi connectivity index (χ0n) is 17.8. The summed E-state index contributed by atoms with van der Waals surface area (Å²) in [7, 11) is 0. The fourth-order valence-corrected chi connectivity index (χ4v) is 4.40. The molecule has 1 amide bonds. The van der Waals surface area contributed by atoms with Gasteiger partial charge in [0.15, 0.2) is 5.65 Å². The Morgan fingerprint density at radius 1 is 1.27 bits per heavy atom. The van der Waals surface area contributed by atoms with Crippen molar-refractivity contribution in [2.75, 3.05) is 6.54 Å². The zero-order chi connectivity index (χ0) is 21.1. The average Bonchev–Trinajstić information content (AvgIpc) is 3.39. The molecule has 1 saturated carbocycles. The molecule has 0 bridgehead atoms. The molecule has 3 aromatic rings. The number of carbonyl (C=O) groups is 1. The third-order valence-corrected chi connectivity index (χ3v) is 6.04. The van der Waals surface area contributed by atoms with Gasteiger partial charge in [-0.2, -0.15) is 0 Å². The van der Waals surface area contributed by atoms with Crippen LogP contribution < -0.4 is 0 Å². The molecular weight excluding hydrogens is 379 g/mol. The van der Waals surface area contributed by atoms with Crippen molar-refractivity contribution in [3.05, 3.63) is 59.3 Å². The second-order valence-corrected chi connectivity index (χ2v) is 8.22. The van der Waals surface area contributed by atoms with Crippen molar-refractivity contribution >= 4 is 17.1 Å². The summed E-state index contributed by atoms with van der Waals surface area (Å²) >= 11 is 0. The summed E-state index contributed by atoms with van der Waals surface area (Å²) in [6.07, 6.45) is 8.31. The van der Waals surface area contributed by atoms with Crippen molar-refractivity contribution in [1.82, 2.24) is 19.4 Å². The van der Waals surface area contributed by atoms with E-state index < -0.39 is 0 Å². The Labute approximate surface area is 176 Å². The molecule has 1 aromatic carbocycles. The normalized spacial score (nSPS) is 14.5. The van der Waals surface area contributed by atoms with Gasteiger partial charge in [0.05, 0.1) is 6.54 Å². The van der Waals surface area contributed by atoms with Crippen LogP contribution in [0.25, 0.3) is 11.2 Å². The van der Waals surface area contributed by atoms with Gasteiger partial charge in [-0.05, 0) is 56.0 Å². The Balaban J connectivity index is 1.71. The first-order valence-corrected chi connectivity index (χ1v) is 11.0. The van der Waals surface area contributed by atoms with Gasteiger partial charge in [0.2, 0.25) is 0 Å². The number of fused-ring (bicyclic) bond motifs is 1. The van der Waals surface area contributed by atoms with E-state index in [1.807, 2.05) is 24.0 Å². The molecule has 1 aliphatic carbocycles. The van der Waals surface area contributed by atoms with E-state index in [1.54, 1.807) is 12.3 Å². The molecule has 0 spiro atoms. The molecule has 4 rings (SSSR count). The van der Waals surface area contributed by atoms with Crippen molar-refractivity contribution in [1.29, 1.82) is 0 Å². The van der Waals surface area contributed by atoms with Crippen molar-refractivity contribution in [2.24, 2.45) is 0 Å². The van der Waals surface area contributed by atoms with Gasteiger partial charge in [-0.3, -0.25) is 4.79 Å². The minimum atomic E-state index is -0.387. The first-order valence-electron chi connectivity index (χ1n) is 11.0. The minimum absolute atomic E-state index is 0.140. The highest BCUT2D eigenvalue weighted by Crippen LogP contribution is 2.33. The molecule has 5 nitrogen and oxygen atoms in total. The van der Waals surface area contributed by atoms with Crippen LogP contribution >= 0.6 is 0 Å². The average molecular weight is 409 g/mol. The maximum Gasteiger partial charge on any atom is 0.254 e. The lowest BCUT2D eigenvalue weighted by Crippen LogP contribution is -2.33. The molecule has 0 saturated heterocycles. The SMILES string of the molecule is CCCCN(Cc1nc2cccnc2n1C1CCCC1)C(=O)c1cc(F)ccc1C. The Hall–Kier alpha value is -2.76. The number of unbranched alkanes of at least 4 members (excludes halogenated alkanes) is 1. The van der Waals surface area contributed by atoms with Crippen molar-refractivity contribution in [2.45, 2.75) is 65.0 Å². The number of imidazole rings is 1. The molecule has 0 unspecified atom stereocenters. The number of aryl methyl sites for hydroxylation is 1. The summed E-state index contributed by atoms with van der Waals surface area (Å²) in [6, 6.07) is 8.66. The molecular formula is C24H29FN4O. The summed E-state index contributed by atoms with van der Waals surface area (Å²) in [5, 5.41) is 0. The largest absolute Gasteiger partial charge is 0.331 e. The molecule has 0 atom stereocenters. The van der Waals surface area contributed by atoms with E-state index in [4.69, 9.17) is 4.98 Å². The summed E-state index contributed by atoms with van der Waals surface area (Å²) in [6.45, 7) is 4.98. The highest BCUT2D eigenvalue weighted by molar-refractivity contribution is 5.95. The number of hydrogen-bond donors (Lipinski definition) is 0. The number of aromatic nitrogens is 3. The number of rotatable bonds is 7. The van der Waals surface area contributed by atoms with Gasteiger partial charge in [-0.25, -0.2) is 14.4 Å². The van der Waals surface area contributed by atoms with Crippen LogP contribution in [-0.4, -0.2) is 31.9 Å². The fraction of sp³-hybridized carbons (Fsp3) is 0.458. The molecule has 2 aromatic heterocycles. The maximum absolute atomic E-state index is 13.9. The maximum atomic E-state index is 13.9. The molecule has 0 aliphatic heterocycles. The van der Waals surface area contributed by atoms with Crippen LogP contribution in [0.3, 0.4) is 0 Å². The summed E-state index contributed by atoms with van der Waals surface area (Å²) in [5.41, 5.74) is 2.97. The van der Waals surface area contributed by atoms with Crippen molar-refractivity contribution < 1.29 is 9.18 Å². The lowest BCUT2D eigenvalue weighted by atomic mass is 10.1. The van der Waals surface area contributed by atoms with Gasteiger partial charge in [-0.15, -0.1) is 0 Å². The van der Waals surface area contributed by atoms with Gasteiger partial charge in [-0.1, -0.05) is 32.3 Å². The van der Waals surface area contributed by atoms with E-state index >= 15 is 0 Å². The Morgan fingerprint density at radius 3 is 2.83 bits per heavy atom. The topological polar surface area (TPSA) is 51.0 Å². The molecule has 158 valence electrons. The van der Waals surface area contributed by atoms with E-state index in [9.17, 15) is 9.18 Å². The van der Waals surface area contributed by atoms with Gasteiger partial charge in [0.25, 0.3) is 5.91 Å². The van der Waals surface area contributed by atoms with Crippen LogP contribution in [0.4, 0.5) is 4.39 Å². The monoisotopic (exact) mass is 408 g/mol. The van der Waals surface area contributed by atoms with E-state index in [1.165, 1.54) is 25.0 Å². The highest BCUT2D eigenvalue weighted by atomic mass is 19.1. The zero-order valence-corrected chi connectivity index (χ0v) is 17.8. The van der Waals surface area contributed by atoms with Crippen LogP contribution in [0.1, 0.15) is 73.2 Å². The van der Waals surface area contributed by atoms with Crippen LogP contribution in [0.5, 0.6) is 0 Å². The van der Waals surface area contributed by atoms with Crippen LogP contribution in [-0.2, 0) is 6.54 Å². The van der Waals surface area contributed by atoms with Crippen LogP contribution in [0.15, 0.2) is 36.5 Å². The van der Waals surface area contributed by atoms with E-state index in [0.29, 0.717) is 24.7 Å². The third kappa shape index (κ3) is 4.09. The van der Waals surface area contributed by atoms with E-state index in [-0.39, 0.29) is 11.7 Å². The summed E-state index contributed by atoms with van der Waals surface area (Å²) < 4.78 is 16.1. The third-order valence-electron chi connectivity index (χ3n) is 6.04. The predicted octanol–water partition coefficient (Wildman–Crippen LogP) is 5.44. The first kappa shape index (κ1) is 20.5. The van der Waals surface area contributed by atoms with Gasteiger partial charge in [0, 0.05) is 24.3 Å². The first-order chi connectivity index (χ1) is 14.6. The van der Waals surface area contributed by atoms with Gasteiger partial charge in [0.1, 0.15) is 17.2 Å². The highest BCUT2D eigenvalue weighted by Gasteiger charge is 2.26. The number of nitrogens with zero attached hydrogens (tertiary/aromatic N) is 4. The number of halogens is 1. The van der Waals surface area contributed by atoms with Crippen LogP contribution in [0, 0.1) is 12.7 Å². The van der Waals surface area contributed by atoms with Gasteiger partial charge >= 0.3 is 0 Å². The van der Waals surface area contributed by atoms with Crippen LogP contribution in [0.2, 0.25) is 0 Å². The molecule has 0 N–H and O–H groups in total. The standard InChI is InChI=1S/C24H29FN4O/c1-3-4-14-28(24(30)20-15-18(25)12-11-17(20)2)16-22-27-21-10-7-13-26-23(21)29(22)19-8-5-6-9-19/h7,10-13,15,19H,3-6,8-9,14,16H2,1-2H3. The number of benzene rings is 1. The summed E-state index contributed by atoms with van der Waals surface area (Å²) in [5.74, 6) is 0.342. The van der Waals surface area contributed by atoms with E-state index in [0.717, 1.165) is 48.2 Å². The number of carbonyl (C=O) groups excluding carboxylic acids is 1. The Morgan fingerprint density at radius 2 is 2.07 bits per heavy atom. The lowest BCUT2D eigenvalue weighted by Gasteiger charge is -2.25. The summed E-state index contributed by atoms with van der Waals surface area (Å²) in [4.78, 5) is 24.6. The molecule has 0 radical (unpaired) electrons. The van der Waals surface area contributed by atoms with Gasteiger partial charge < -0.3 is 9.47 Å². The Bertz CT molecular complexity index is 1040. The molecule has 1 aliphatic rings. The molecule has 30 heavy (non-hydrogen) atoms. The molecule has 6 heteroatoms. The van der Waals surface area contributed by atoms with E-state index in [2.05, 4.69) is 16.5 Å². The predicted molar refractivity (Wildman–Crippen MR) is 116 cm³/mol. The van der Waals surface area contributed by atoms with Crippen molar-refractivity contribution in [3.8, 4) is 0 Å². The number of pyridine rings is 1. The Kier molecular flexibility index (Phi) is 6.11. The number of amides is 1.